The van der Waals surface area contributed by atoms with Crippen LogP contribution in [0.4, 0.5) is 5.69 Å². The maximum Gasteiger partial charge on any atom is 0.224 e. The third-order valence-corrected chi connectivity index (χ3v) is 4.79. The zero-order valence-electron chi connectivity index (χ0n) is 13.9. The van der Waals surface area contributed by atoms with Gasteiger partial charge in [-0.15, -0.1) is 11.3 Å². The van der Waals surface area contributed by atoms with Crippen LogP contribution in [0.5, 0.6) is 0 Å². The molecular formula is C20H20N2OS. The number of carbonyl (C=O) groups excluding carboxylic acids is 1. The van der Waals surface area contributed by atoms with Gasteiger partial charge in [0.25, 0.3) is 0 Å². The molecule has 24 heavy (non-hydrogen) atoms. The van der Waals surface area contributed by atoms with Gasteiger partial charge in [-0.25, -0.2) is 4.98 Å². The van der Waals surface area contributed by atoms with E-state index >= 15 is 0 Å². The van der Waals surface area contributed by atoms with Crippen LogP contribution in [0.2, 0.25) is 0 Å². The predicted molar refractivity (Wildman–Crippen MR) is 101 cm³/mol. The Morgan fingerprint density at radius 3 is 2.46 bits per heavy atom. The Morgan fingerprint density at radius 1 is 1.08 bits per heavy atom. The van der Waals surface area contributed by atoms with Crippen molar-refractivity contribution in [2.75, 3.05) is 5.32 Å². The summed E-state index contributed by atoms with van der Waals surface area (Å²) < 4.78 is 0. The van der Waals surface area contributed by atoms with Gasteiger partial charge in [0.05, 0.1) is 0 Å². The van der Waals surface area contributed by atoms with Crippen molar-refractivity contribution < 1.29 is 4.79 Å². The SMILES string of the molecule is CCC(=O)Nc1ccc(-c2cc(-c3nccs3)ccc2CC)cc1. The van der Waals surface area contributed by atoms with E-state index in [1.54, 1.807) is 11.3 Å². The van der Waals surface area contributed by atoms with Gasteiger partial charge in [-0.3, -0.25) is 4.79 Å². The van der Waals surface area contributed by atoms with Crippen molar-refractivity contribution in [3.8, 4) is 21.7 Å². The second-order valence-corrected chi connectivity index (χ2v) is 6.44. The Hall–Kier alpha value is -2.46. The fourth-order valence-electron chi connectivity index (χ4n) is 2.64. The molecule has 3 rings (SSSR count). The fourth-order valence-corrected chi connectivity index (χ4v) is 3.27. The maximum absolute atomic E-state index is 11.5. The van der Waals surface area contributed by atoms with Crippen LogP contribution < -0.4 is 5.32 Å². The summed E-state index contributed by atoms with van der Waals surface area (Å²) >= 11 is 1.65. The van der Waals surface area contributed by atoms with Gasteiger partial charge in [0, 0.05) is 29.2 Å². The second kappa shape index (κ2) is 7.41. The van der Waals surface area contributed by atoms with Crippen LogP contribution in [0.3, 0.4) is 0 Å². The lowest BCUT2D eigenvalue weighted by Gasteiger charge is -2.11. The van der Waals surface area contributed by atoms with Crippen LogP contribution in [0.1, 0.15) is 25.8 Å². The van der Waals surface area contributed by atoms with Crippen molar-refractivity contribution in [3.05, 3.63) is 59.6 Å². The largest absolute Gasteiger partial charge is 0.326 e. The third-order valence-electron chi connectivity index (χ3n) is 3.97. The Morgan fingerprint density at radius 2 is 1.83 bits per heavy atom. The molecule has 0 spiro atoms. The zero-order chi connectivity index (χ0) is 16.9. The third kappa shape index (κ3) is 3.54. The maximum atomic E-state index is 11.5. The lowest BCUT2D eigenvalue weighted by Crippen LogP contribution is -2.09. The van der Waals surface area contributed by atoms with Crippen LogP contribution in [0.25, 0.3) is 21.7 Å². The Bertz CT molecular complexity index is 823. The number of carbonyl (C=O) groups is 1. The number of rotatable bonds is 5. The first-order valence-electron chi connectivity index (χ1n) is 8.14. The summed E-state index contributed by atoms with van der Waals surface area (Å²) in [5.74, 6) is 0.0303. The first kappa shape index (κ1) is 16.4. The molecule has 2 aromatic carbocycles. The smallest absolute Gasteiger partial charge is 0.224 e. The van der Waals surface area contributed by atoms with Crippen LogP contribution in [0, 0.1) is 0 Å². The van der Waals surface area contributed by atoms with E-state index in [0.717, 1.165) is 28.2 Å². The molecule has 122 valence electrons. The topological polar surface area (TPSA) is 42.0 Å². The van der Waals surface area contributed by atoms with E-state index in [1.165, 1.54) is 11.1 Å². The molecule has 0 fully saturated rings. The molecule has 1 heterocycles. The van der Waals surface area contributed by atoms with Crippen molar-refractivity contribution >= 4 is 22.9 Å². The highest BCUT2D eigenvalue weighted by Crippen LogP contribution is 2.31. The van der Waals surface area contributed by atoms with E-state index in [2.05, 4.69) is 47.6 Å². The minimum atomic E-state index is 0.0303. The van der Waals surface area contributed by atoms with Gasteiger partial charge in [0.2, 0.25) is 5.91 Å². The summed E-state index contributed by atoms with van der Waals surface area (Å²) in [5.41, 5.74) is 5.65. The van der Waals surface area contributed by atoms with Gasteiger partial charge < -0.3 is 5.32 Å². The molecule has 0 atom stereocenters. The van der Waals surface area contributed by atoms with E-state index in [1.807, 2.05) is 30.6 Å². The molecule has 4 heteroatoms. The van der Waals surface area contributed by atoms with Crippen LogP contribution >= 0.6 is 11.3 Å². The van der Waals surface area contributed by atoms with E-state index in [0.29, 0.717) is 6.42 Å². The molecule has 1 N–H and O–H groups in total. The molecule has 0 aliphatic heterocycles. The number of nitrogens with zero attached hydrogens (tertiary/aromatic N) is 1. The summed E-state index contributed by atoms with van der Waals surface area (Å²) in [7, 11) is 0. The van der Waals surface area contributed by atoms with Gasteiger partial charge >= 0.3 is 0 Å². The van der Waals surface area contributed by atoms with E-state index < -0.39 is 0 Å². The number of aryl methyl sites for hydroxylation is 1. The fraction of sp³-hybridized carbons (Fsp3) is 0.200. The number of hydrogen-bond acceptors (Lipinski definition) is 3. The molecule has 0 bridgehead atoms. The summed E-state index contributed by atoms with van der Waals surface area (Å²) in [6.45, 7) is 4.01. The summed E-state index contributed by atoms with van der Waals surface area (Å²) in [4.78, 5) is 15.9. The zero-order valence-corrected chi connectivity index (χ0v) is 14.7. The summed E-state index contributed by atoms with van der Waals surface area (Å²) in [6, 6.07) is 14.6. The molecule has 0 saturated carbocycles. The highest BCUT2D eigenvalue weighted by Gasteiger charge is 2.09. The molecule has 1 amide bonds. The standard InChI is InChI=1S/C20H20N2OS/c1-3-14-5-6-16(20-21-11-12-24-20)13-18(14)15-7-9-17(10-8-15)22-19(23)4-2/h5-13H,3-4H2,1-2H3,(H,22,23). The van der Waals surface area contributed by atoms with Crippen molar-refractivity contribution in [3.63, 3.8) is 0 Å². The first-order valence-corrected chi connectivity index (χ1v) is 9.02. The monoisotopic (exact) mass is 336 g/mol. The molecule has 0 saturated heterocycles. The number of amides is 1. The number of anilines is 1. The number of aromatic nitrogens is 1. The van der Waals surface area contributed by atoms with Gasteiger partial charge in [-0.05, 0) is 41.3 Å². The molecule has 1 aromatic heterocycles. The molecule has 0 aliphatic carbocycles. The van der Waals surface area contributed by atoms with E-state index in [9.17, 15) is 4.79 Å². The number of hydrogen-bond donors (Lipinski definition) is 1. The molecular weight excluding hydrogens is 316 g/mol. The van der Waals surface area contributed by atoms with Crippen molar-refractivity contribution in [1.29, 1.82) is 0 Å². The molecule has 0 aliphatic rings. The molecule has 3 aromatic rings. The highest BCUT2D eigenvalue weighted by atomic mass is 32.1. The van der Waals surface area contributed by atoms with Gasteiger partial charge in [-0.2, -0.15) is 0 Å². The summed E-state index contributed by atoms with van der Waals surface area (Å²) in [6.07, 6.45) is 3.29. The quantitative estimate of drug-likeness (QED) is 0.679. The normalized spacial score (nSPS) is 10.6. The average Bonchev–Trinajstić information content (AvgIpc) is 3.16. The molecule has 0 unspecified atom stereocenters. The van der Waals surface area contributed by atoms with Crippen LogP contribution in [-0.2, 0) is 11.2 Å². The van der Waals surface area contributed by atoms with Crippen molar-refractivity contribution in [2.24, 2.45) is 0 Å². The van der Waals surface area contributed by atoms with Crippen LogP contribution in [0.15, 0.2) is 54.0 Å². The Kier molecular flexibility index (Phi) is 5.06. The lowest BCUT2D eigenvalue weighted by molar-refractivity contribution is -0.115. The number of benzene rings is 2. The number of thiazole rings is 1. The van der Waals surface area contributed by atoms with Crippen molar-refractivity contribution in [1.82, 2.24) is 4.98 Å². The Labute approximate surface area is 146 Å². The Balaban J connectivity index is 1.95. The van der Waals surface area contributed by atoms with Gasteiger partial charge in [-0.1, -0.05) is 38.1 Å². The highest BCUT2D eigenvalue weighted by molar-refractivity contribution is 7.13. The van der Waals surface area contributed by atoms with Crippen molar-refractivity contribution in [2.45, 2.75) is 26.7 Å². The van der Waals surface area contributed by atoms with Gasteiger partial charge in [0.1, 0.15) is 5.01 Å². The molecule has 0 radical (unpaired) electrons. The lowest BCUT2D eigenvalue weighted by atomic mass is 9.96. The first-order chi connectivity index (χ1) is 11.7. The van der Waals surface area contributed by atoms with E-state index in [4.69, 9.17) is 0 Å². The minimum absolute atomic E-state index is 0.0303. The second-order valence-electron chi connectivity index (χ2n) is 5.54. The average molecular weight is 336 g/mol. The molecule has 3 nitrogen and oxygen atoms in total. The predicted octanol–water partition coefficient (Wildman–Crippen LogP) is 5.39. The van der Waals surface area contributed by atoms with Crippen LogP contribution in [-0.4, -0.2) is 10.9 Å². The van der Waals surface area contributed by atoms with E-state index in [-0.39, 0.29) is 5.91 Å². The number of nitrogens with one attached hydrogen (secondary N) is 1. The summed E-state index contributed by atoms with van der Waals surface area (Å²) in [5, 5.41) is 5.91. The van der Waals surface area contributed by atoms with Gasteiger partial charge in [0.15, 0.2) is 0 Å². The minimum Gasteiger partial charge on any atom is -0.326 e.